The van der Waals surface area contributed by atoms with Crippen LogP contribution in [0.3, 0.4) is 0 Å². The van der Waals surface area contributed by atoms with Crippen LogP contribution in [0, 0.1) is 5.92 Å². The maximum atomic E-state index is 12.9. The average Bonchev–Trinajstić information content (AvgIpc) is 3.26. The van der Waals surface area contributed by atoms with Crippen molar-refractivity contribution in [3.63, 3.8) is 0 Å². The Bertz CT molecular complexity index is 1070. The number of anilines is 2. The van der Waals surface area contributed by atoms with Gasteiger partial charge >= 0.3 is 6.03 Å². The van der Waals surface area contributed by atoms with E-state index in [1.165, 1.54) is 11.3 Å². The molecule has 0 spiro atoms. The number of hydrogen-bond acceptors (Lipinski definition) is 6. The summed E-state index contributed by atoms with van der Waals surface area (Å²) < 4.78 is 0. The molecule has 3 aromatic rings. The number of thioether (sulfide) groups is 1. The first-order valence-electron chi connectivity index (χ1n) is 10.0. The summed E-state index contributed by atoms with van der Waals surface area (Å²) in [6.45, 7) is 3.88. The quantitative estimate of drug-likeness (QED) is 0.350. The maximum absolute atomic E-state index is 12.9. The van der Waals surface area contributed by atoms with Crippen LogP contribution in [0.2, 0.25) is 5.02 Å². The van der Waals surface area contributed by atoms with Crippen LogP contribution in [0.5, 0.6) is 0 Å². The van der Waals surface area contributed by atoms with Crippen LogP contribution in [0.15, 0.2) is 53.4 Å². The number of benzene rings is 2. The number of carbonyl (C=O) groups excluding carboxylic acids is 2. The Labute approximate surface area is 200 Å². The number of aromatic nitrogens is 2. The molecule has 0 saturated carbocycles. The van der Waals surface area contributed by atoms with Crippen molar-refractivity contribution >= 4 is 57.5 Å². The van der Waals surface area contributed by atoms with Gasteiger partial charge < -0.3 is 10.6 Å². The highest BCUT2D eigenvalue weighted by molar-refractivity contribution is 7.98. The molecule has 10 heteroatoms. The minimum Gasteiger partial charge on any atom is -0.326 e. The van der Waals surface area contributed by atoms with Gasteiger partial charge in [0.15, 0.2) is 0 Å². The summed E-state index contributed by atoms with van der Waals surface area (Å²) >= 11 is 8.90. The summed E-state index contributed by atoms with van der Waals surface area (Å²) in [6.07, 6.45) is 2.70. The lowest BCUT2D eigenvalue weighted by Gasteiger charge is -2.23. The minimum absolute atomic E-state index is 0.0834. The third-order valence-electron chi connectivity index (χ3n) is 4.86. The molecule has 0 aliphatic carbocycles. The molecule has 2 aromatic carbocycles. The molecule has 0 radical (unpaired) electrons. The van der Waals surface area contributed by atoms with Crippen molar-refractivity contribution < 1.29 is 9.59 Å². The van der Waals surface area contributed by atoms with Gasteiger partial charge in [0.1, 0.15) is 11.0 Å². The van der Waals surface area contributed by atoms with Gasteiger partial charge in [-0.1, -0.05) is 55.3 Å². The summed E-state index contributed by atoms with van der Waals surface area (Å²) in [5.41, 5.74) is 1.47. The Balaban J connectivity index is 1.66. The third kappa shape index (κ3) is 6.44. The molecule has 2 atom stereocenters. The molecular weight excluding hydrogens is 466 g/mol. The molecule has 0 aliphatic heterocycles. The number of rotatable bonds is 8. The standard InChI is InChI=1S/C22H24ClN5O2S2/c1-4-13(2)18(25-21(30)24-16-8-10-17(31-3)11-9-16)19(29)26-22-28-27-20(32-22)14-6-5-7-15(23)12-14/h5-13,18H,4H2,1-3H3,(H2,24,25,30)(H,26,28,29)/t13-,18+/m1/s1. The van der Waals surface area contributed by atoms with Gasteiger partial charge in [0.25, 0.3) is 0 Å². The normalized spacial score (nSPS) is 12.6. The molecule has 3 rings (SSSR count). The fourth-order valence-corrected chi connectivity index (χ4v) is 4.22. The Morgan fingerprint density at radius 3 is 2.53 bits per heavy atom. The van der Waals surface area contributed by atoms with E-state index in [1.807, 2.05) is 56.5 Å². The molecule has 3 amide bonds. The lowest BCUT2D eigenvalue weighted by atomic mass is 9.98. The van der Waals surface area contributed by atoms with Gasteiger partial charge in [0.05, 0.1) is 0 Å². The monoisotopic (exact) mass is 489 g/mol. The summed E-state index contributed by atoms with van der Waals surface area (Å²) in [4.78, 5) is 26.6. The molecule has 32 heavy (non-hydrogen) atoms. The third-order valence-corrected chi connectivity index (χ3v) is 6.72. The highest BCUT2D eigenvalue weighted by Gasteiger charge is 2.27. The van der Waals surface area contributed by atoms with E-state index in [-0.39, 0.29) is 11.8 Å². The predicted molar refractivity (Wildman–Crippen MR) is 133 cm³/mol. The van der Waals surface area contributed by atoms with Crippen molar-refractivity contribution in [2.45, 2.75) is 31.2 Å². The van der Waals surface area contributed by atoms with Gasteiger partial charge in [-0.3, -0.25) is 10.1 Å². The van der Waals surface area contributed by atoms with E-state index >= 15 is 0 Å². The van der Waals surface area contributed by atoms with Gasteiger partial charge in [0, 0.05) is 21.2 Å². The minimum atomic E-state index is -0.732. The van der Waals surface area contributed by atoms with Crippen molar-refractivity contribution in [1.29, 1.82) is 0 Å². The summed E-state index contributed by atoms with van der Waals surface area (Å²) in [5, 5.41) is 18.1. The first-order chi connectivity index (χ1) is 15.4. The second kappa shape index (κ2) is 11.3. The van der Waals surface area contributed by atoms with E-state index in [1.54, 1.807) is 23.9 Å². The number of nitrogens with zero attached hydrogens (tertiary/aromatic N) is 2. The van der Waals surface area contributed by atoms with Crippen molar-refractivity contribution in [1.82, 2.24) is 15.5 Å². The molecule has 0 bridgehead atoms. The van der Waals surface area contributed by atoms with Crippen LogP contribution >= 0.6 is 34.7 Å². The topological polar surface area (TPSA) is 96.0 Å². The highest BCUT2D eigenvalue weighted by atomic mass is 35.5. The van der Waals surface area contributed by atoms with E-state index in [2.05, 4.69) is 26.1 Å². The Kier molecular flexibility index (Phi) is 8.49. The van der Waals surface area contributed by atoms with Crippen molar-refractivity contribution in [3.8, 4) is 10.6 Å². The second-order valence-electron chi connectivity index (χ2n) is 7.10. The lowest BCUT2D eigenvalue weighted by Crippen LogP contribution is -2.49. The second-order valence-corrected chi connectivity index (χ2v) is 9.40. The van der Waals surface area contributed by atoms with Crippen LogP contribution in [0.4, 0.5) is 15.6 Å². The van der Waals surface area contributed by atoms with Crippen molar-refractivity contribution in [2.75, 3.05) is 16.9 Å². The molecule has 0 saturated heterocycles. The van der Waals surface area contributed by atoms with E-state index in [9.17, 15) is 9.59 Å². The van der Waals surface area contributed by atoms with Crippen LogP contribution in [-0.4, -0.2) is 34.4 Å². The molecule has 168 valence electrons. The summed E-state index contributed by atoms with van der Waals surface area (Å²) in [7, 11) is 0. The largest absolute Gasteiger partial charge is 0.326 e. The van der Waals surface area contributed by atoms with Gasteiger partial charge in [-0.2, -0.15) is 0 Å². The zero-order valence-electron chi connectivity index (χ0n) is 17.9. The first-order valence-corrected chi connectivity index (χ1v) is 12.4. The number of urea groups is 1. The maximum Gasteiger partial charge on any atom is 0.319 e. The van der Waals surface area contributed by atoms with Crippen LogP contribution in [0.25, 0.3) is 10.6 Å². The zero-order chi connectivity index (χ0) is 23.1. The molecule has 1 heterocycles. The van der Waals surface area contributed by atoms with Crippen molar-refractivity contribution in [3.05, 3.63) is 53.6 Å². The van der Waals surface area contributed by atoms with Crippen molar-refractivity contribution in [2.24, 2.45) is 5.92 Å². The molecule has 0 unspecified atom stereocenters. The van der Waals surface area contributed by atoms with Crippen LogP contribution < -0.4 is 16.0 Å². The molecule has 0 aliphatic rings. The van der Waals surface area contributed by atoms with Gasteiger partial charge in [-0.25, -0.2) is 4.79 Å². The van der Waals surface area contributed by atoms with E-state index in [0.717, 1.165) is 10.5 Å². The number of amides is 3. The zero-order valence-corrected chi connectivity index (χ0v) is 20.3. The number of nitrogens with one attached hydrogen (secondary N) is 3. The number of hydrogen-bond donors (Lipinski definition) is 3. The molecule has 0 fully saturated rings. The Morgan fingerprint density at radius 1 is 1.12 bits per heavy atom. The van der Waals surface area contributed by atoms with E-state index < -0.39 is 12.1 Å². The summed E-state index contributed by atoms with van der Waals surface area (Å²) in [6, 6.07) is 13.6. The predicted octanol–water partition coefficient (Wildman–Crippen LogP) is 5.76. The van der Waals surface area contributed by atoms with E-state index in [4.69, 9.17) is 11.6 Å². The molecule has 1 aromatic heterocycles. The fourth-order valence-electron chi connectivity index (χ4n) is 2.88. The number of halogens is 1. The average molecular weight is 490 g/mol. The Morgan fingerprint density at radius 2 is 1.88 bits per heavy atom. The van der Waals surface area contributed by atoms with Gasteiger partial charge in [-0.15, -0.1) is 22.0 Å². The van der Waals surface area contributed by atoms with Gasteiger partial charge in [0.2, 0.25) is 11.0 Å². The summed E-state index contributed by atoms with van der Waals surface area (Å²) in [5.74, 6) is -0.430. The van der Waals surface area contributed by atoms with Crippen LogP contribution in [0.1, 0.15) is 20.3 Å². The van der Waals surface area contributed by atoms with E-state index in [0.29, 0.717) is 27.3 Å². The molecule has 3 N–H and O–H groups in total. The smallest absolute Gasteiger partial charge is 0.319 e. The fraction of sp³-hybridized carbons (Fsp3) is 0.273. The van der Waals surface area contributed by atoms with Crippen LogP contribution in [-0.2, 0) is 4.79 Å². The SMILES string of the molecule is CC[C@@H](C)[C@H](NC(=O)Nc1ccc(SC)cc1)C(=O)Nc1nnc(-c2cccc(Cl)c2)s1. The molecule has 7 nitrogen and oxygen atoms in total. The van der Waals surface area contributed by atoms with Gasteiger partial charge in [-0.05, 0) is 48.6 Å². The Hall–Kier alpha value is -2.62. The number of carbonyl (C=O) groups is 2. The first kappa shape index (κ1) is 24.0. The lowest BCUT2D eigenvalue weighted by molar-refractivity contribution is -0.119. The highest BCUT2D eigenvalue weighted by Crippen LogP contribution is 2.28. The molecular formula is C22H24ClN5O2S2.